The van der Waals surface area contributed by atoms with Gasteiger partial charge in [-0.05, 0) is 52.9 Å². The summed E-state index contributed by atoms with van der Waals surface area (Å²) in [5.74, 6) is -3.83. The van der Waals surface area contributed by atoms with Gasteiger partial charge in [-0.3, -0.25) is 4.48 Å². The zero-order chi connectivity index (χ0) is 23.9. The number of carbonyl (C=O) groups excluding carboxylic acids is 1. The molecule has 2 N–H and O–H groups in total. The molecule has 31 heavy (non-hydrogen) atoms. The summed E-state index contributed by atoms with van der Waals surface area (Å²) in [4.78, 5) is 35.0. The van der Waals surface area contributed by atoms with E-state index < -0.39 is 40.5 Å². The minimum Gasteiger partial charge on any atom is -0.544 e. The summed E-state index contributed by atoms with van der Waals surface area (Å²) in [7, 11) is 0. The molecular weight excluding hydrogens is 398 g/mol. The molecule has 0 aromatic heterocycles. The molecule has 0 aliphatic heterocycles. The second-order valence-electron chi connectivity index (χ2n) is 8.59. The summed E-state index contributed by atoms with van der Waals surface area (Å²) in [6, 6.07) is -3.55. The highest BCUT2D eigenvalue weighted by Gasteiger charge is 2.50. The van der Waals surface area contributed by atoms with Crippen molar-refractivity contribution in [3.8, 4) is 0 Å². The molecule has 0 radical (unpaired) electrons. The third-order valence-electron chi connectivity index (χ3n) is 6.54. The normalized spacial score (nSPS) is 16.5. The Kier molecular flexibility index (Phi) is 14.9. The molecule has 0 aliphatic carbocycles. The standard InChI is InChI=1S/C24H43NO6/c1-5-6-7-8-9-10-11-12-13-14-15-16-17-18-25(19(2)22(26)27,20(3)23(28)29)21(4)24(30)31/h6-7,19-21H,5,8-18H2,1-4H3,(H2-,26,27,28,29,30,31)/b7-6+. The number of carbonyl (C=O) groups is 3. The molecular formula is C24H43NO6. The first-order valence-electron chi connectivity index (χ1n) is 11.8. The Morgan fingerprint density at radius 1 is 0.742 bits per heavy atom. The topological polar surface area (TPSA) is 115 Å². The van der Waals surface area contributed by atoms with E-state index >= 15 is 0 Å². The Morgan fingerprint density at radius 2 is 1.16 bits per heavy atom. The monoisotopic (exact) mass is 441 g/mol. The first-order chi connectivity index (χ1) is 14.6. The van der Waals surface area contributed by atoms with Gasteiger partial charge in [0.05, 0.1) is 12.5 Å². The van der Waals surface area contributed by atoms with E-state index in [1.807, 2.05) is 0 Å². The van der Waals surface area contributed by atoms with E-state index in [0.717, 1.165) is 38.5 Å². The van der Waals surface area contributed by atoms with Gasteiger partial charge in [0.2, 0.25) is 0 Å². The van der Waals surface area contributed by atoms with E-state index in [9.17, 15) is 29.7 Å². The van der Waals surface area contributed by atoms with Gasteiger partial charge >= 0.3 is 11.9 Å². The maximum absolute atomic E-state index is 11.7. The van der Waals surface area contributed by atoms with Crippen LogP contribution in [0.15, 0.2) is 12.2 Å². The van der Waals surface area contributed by atoms with Crippen molar-refractivity contribution in [1.82, 2.24) is 0 Å². The molecule has 3 atom stereocenters. The fourth-order valence-electron chi connectivity index (χ4n) is 4.36. The zero-order valence-corrected chi connectivity index (χ0v) is 19.8. The van der Waals surface area contributed by atoms with E-state index in [4.69, 9.17) is 0 Å². The van der Waals surface area contributed by atoms with Gasteiger partial charge in [0, 0.05) is 0 Å². The van der Waals surface area contributed by atoms with Crippen LogP contribution in [0.3, 0.4) is 0 Å². The Morgan fingerprint density at radius 3 is 1.55 bits per heavy atom. The minimum absolute atomic E-state index is 0.182. The van der Waals surface area contributed by atoms with Crippen molar-refractivity contribution in [3.05, 3.63) is 12.2 Å². The number of allylic oxidation sites excluding steroid dienone is 2. The van der Waals surface area contributed by atoms with Gasteiger partial charge in [0.25, 0.3) is 0 Å². The van der Waals surface area contributed by atoms with Gasteiger partial charge in [-0.2, -0.15) is 0 Å². The maximum atomic E-state index is 11.7. The van der Waals surface area contributed by atoms with Crippen molar-refractivity contribution in [2.24, 2.45) is 0 Å². The van der Waals surface area contributed by atoms with Crippen LogP contribution in [0.1, 0.15) is 98.3 Å². The summed E-state index contributed by atoms with van der Waals surface area (Å²) in [5, 5.41) is 30.7. The number of hydrogen-bond donors (Lipinski definition) is 2. The van der Waals surface area contributed by atoms with Crippen LogP contribution in [0.25, 0.3) is 0 Å². The van der Waals surface area contributed by atoms with E-state index in [0.29, 0.717) is 6.42 Å². The van der Waals surface area contributed by atoms with Crippen molar-refractivity contribution in [2.75, 3.05) is 6.54 Å². The molecule has 0 saturated carbocycles. The van der Waals surface area contributed by atoms with Crippen LogP contribution in [0, 0.1) is 0 Å². The highest BCUT2D eigenvalue weighted by atomic mass is 16.4. The summed E-state index contributed by atoms with van der Waals surface area (Å²) >= 11 is 0. The van der Waals surface area contributed by atoms with Crippen LogP contribution in [0.5, 0.6) is 0 Å². The van der Waals surface area contributed by atoms with Gasteiger partial charge in [-0.25, -0.2) is 9.59 Å². The number of nitrogens with zero attached hydrogens (tertiary/aromatic N) is 1. The average molecular weight is 442 g/mol. The largest absolute Gasteiger partial charge is 0.544 e. The molecule has 0 fully saturated rings. The molecule has 0 amide bonds. The molecule has 0 spiro atoms. The quantitative estimate of drug-likeness (QED) is 0.179. The van der Waals surface area contributed by atoms with E-state index in [-0.39, 0.29) is 6.54 Å². The maximum Gasteiger partial charge on any atom is 0.362 e. The summed E-state index contributed by atoms with van der Waals surface area (Å²) < 4.78 is -0.542. The number of hydrogen-bond acceptors (Lipinski definition) is 4. The number of rotatable bonds is 19. The second-order valence-corrected chi connectivity index (χ2v) is 8.59. The smallest absolute Gasteiger partial charge is 0.362 e. The third kappa shape index (κ3) is 9.85. The Labute approximate surface area is 187 Å². The molecule has 180 valence electrons. The lowest BCUT2D eigenvalue weighted by molar-refractivity contribution is -0.969. The predicted molar refractivity (Wildman–Crippen MR) is 119 cm³/mol. The minimum atomic E-state index is -1.42. The molecule has 3 unspecified atom stereocenters. The number of carboxylic acids is 3. The van der Waals surface area contributed by atoms with E-state index in [1.54, 1.807) is 0 Å². The molecule has 7 heteroatoms. The number of carboxylic acid groups (broad SMARTS) is 3. The molecule has 0 aromatic carbocycles. The van der Waals surface area contributed by atoms with Gasteiger partial charge < -0.3 is 20.1 Å². The van der Waals surface area contributed by atoms with Crippen LogP contribution in [0.2, 0.25) is 0 Å². The van der Waals surface area contributed by atoms with Crippen LogP contribution in [-0.4, -0.2) is 57.3 Å². The van der Waals surface area contributed by atoms with Gasteiger partial charge in [0.15, 0.2) is 12.1 Å². The Bertz CT molecular complexity index is 524. The van der Waals surface area contributed by atoms with Crippen molar-refractivity contribution >= 4 is 17.9 Å². The van der Waals surface area contributed by atoms with Gasteiger partial charge in [-0.15, -0.1) is 0 Å². The first kappa shape index (κ1) is 29.1. The first-order valence-corrected chi connectivity index (χ1v) is 11.8. The van der Waals surface area contributed by atoms with Gasteiger partial charge in [0.1, 0.15) is 6.04 Å². The highest BCUT2D eigenvalue weighted by molar-refractivity contribution is 5.76. The van der Waals surface area contributed by atoms with Crippen molar-refractivity contribution in [1.29, 1.82) is 0 Å². The highest BCUT2D eigenvalue weighted by Crippen LogP contribution is 2.27. The van der Waals surface area contributed by atoms with E-state index in [2.05, 4.69) is 19.1 Å². The molecule has 0 saturated heterocycles. The molecule has 0 rings (SSSR count). The number of aliphatic carboxylic acids is 3. The Balaban J connectivity index is 4.59. The van der Waals surface area contributed by atoms with Crippen LogP contribution >= 0.6 is 0 Å². The number of quaternary nitrogens is 1. The summed E-state index contributed by atoms with van der Waals surface area (Å²) in [5.41, 5.74) is 0. The predicted octanol–water partition coefficient (Wildman–Crippen LogP) is 3.76. The average Bonchev–Trinajstić information content (AvgIpc) is 2.72. The lowest BCUT2D eigenvalue weighted by Crippen LogP contribution is -2.72. The molecule has 0 aliphatic rings. The molecule has 0 heterocycles. The Hall–Kier alpha value is -1.89. The molecule has 0 bridgehead atoms. The second kappa shape index (κ2) is 15.8. The fraction of sp³-hybridized carbons (Fsp3) is 0.792. The fourth-order valence-corrected chi connectivity index (χ4v) is 4.36. The van der Waals surface area contributed by atoms with Crippen LogP contribution < -0.4 is 5.11 Å². The van der Waals surface area contributed by atoms with Crippen LogP contribution in [0.4, 0.5) is 0 Å². The lowest BCUT2D eigenvalue weighted by Gasteiger charge is -2.49. The molecule has 7 nitrogen and oxygen atoms in total. The van der Waals surface area contributed by atoms with Gasteiger partial charge in [-0.1, -0.05) is 57.6 Å². The lowest BCUT2D eigenvalue weighted by atomic mass is 10.00. The zero-order valence-electron chi connectivity index (χ0n) is 19.8. The summed E-state index contributed by atoms with van der Waals surface area (Å²) in [6.07, 6.45) is 16.2. The van der Waals surface area contributed by atoms with Crippen molar-refractivity contribution in [3.63, 3.8) is 0 Å². The molecule has 0 aromatic rings. The van der Waals surface area contributed by atoms with E-state index in [1.165, 1.54) is 46.5 Å². The third-order valence-corrected chi connectivity index (χ3v) is 6.54. The summed E-state index contributed by atoms with van der Waals surface area (Å²) in [6.45, 7) is 6.45. The van der Waals surface area contributed by atoms with Crippen LogP contribution in [-0.2, 0) is 14.4 Å². The SMILES string of the molecule is CC/C=C/CCCCCCCCCCC[N+](C(C)C(=O)[O-])(C(C)C(=O)O)C(C)C(=O)O. The van der Waals surface area contributed by atoms with Crippen molar-refractivity contribution in [2.45, 2.75) is 116 Å². The number of unbranched alkanes of at least 4 members (excludes halogenated alkanes) is 9. The van der Waals surface area contributed by atoms with Crippen molar-refractivity contribution < 1.29 is 34.2 Å².